The molecule has 0 spiro atoms. The molecule has 3 rings (SSSR count). The van der Waals surface area contributed by atoms with Gasteiger partial charge in [0.1, 0.15) is 6.33 Å². The Labute approximate surface area is 148 Å². The Bertz CT molecular complexity index is 923. The molecule has 0 saturated heterocycles. The Morgan fingerprint density at radius 3 is 2.56 bits per heavy atom. The van der Waals surface area contributed by atoms with Crippen LogP contribution in [-0.4, -0.2) is 33.3 Å². The highest BCUT2D eigenvalue weighted by Crippen LogP contribution is 2.33. The van der Waals surface area contributed by atoms with Gasteiger partial charge in [0.25, 0.3) is 0 Å². The number of hydrogen-bond acceptors (Lipinski definition) is 6. The molecule has 2 aromatic heterocycles. The van der Waals surface area contributed by atoms with Gasteiger partial charge in [-0.25, -0.2) is 19.7 Å². The predicted molar refractivity (Wildman–Crippen MR) is 98.0 cm³/mol. The summed E-state index contributed by atoms with van der Waals surface area (Å²) in [4.78, 5) is 36.6. The van der Waals surface area contributed by atoms with E-state index in [2.05, 4.69) is 25.6 Å². The predicted octanol–water partition coefficient (Wildman–Crippen LogP) is 3.49. The standard InChI is InChI=1S/C17H17N5O2S/c1-3-14(23)12-5-10(11-7-18-9-19-8-11)6-13-15(12)25-17(21-13)22-16(24)20-4-2/h5-9H,3-4H2,1-2H3,(H2,20,21,22,24). The number of benzene rings is 1. The summed E-state index contributed by atoms with van der Waals surface area (Å²) >= 11 is 1.29. The first-order chi connectivity index (χ1) is 12.1. The number of amides is 2. The quantitative estimate of drug-likeness (QED) is 0.683. The number of urea groups is 1. The summed E-state index contributed by atoms with van der Waals surface area (Å²) < 4.78 is 0.763. The van der Waals surface area contributed by atoms with E-state index < -0.39 is 0 Å². The molecule has 0 aliphatic heterocycles. The van der Waals surface area contributed by atoms with Crippen LogP contribution in [0.3, 0.4) is 0 Å². The summed E-state index contributed by atoms with van der Waals surface area (Å²) in [7, 11) is 0. The number of rotatable bonds is 5. The SMILES string of the molecule is CCNC(=O)Nc1nc2cc(-c3cncnc3)cc(C(=O)CC)c2s1. The lowest BCUT2D eigenvalue weighted by Gasteiger charge is -2.05. The molecule has 2 heterocycles. The summed E-state index contributed by atoms with van der Waals surface area (Å²) in [5.74, 6) is 0.0249. The molecular formula is C17H17N5O2S. The Balaban J connectivity index is 2.10. The minimum atomic E-state index is -0.318. The van der Waals surface area contributed by atoms with Gasteiger partial charge in [-0.15, -0.1) is 0 Å². The lowest BCUT2D eigenvalue weighted by molar-refractivity contribution is 0.0990. The van der Waals surface area contributed by atoms with Crippen LogP contribution in [0.5, 0.6) is 0 Å². The van der Waals surface area contributed by atoms with Gasteiger partial charge in [-0.1, -0.05) is 18.3 Å². The van der Waals surface area contributed by atoms with Gasteiger partial charge in [-0.2, -0.15) is 0 Å². The van der Waals surface area contributed by atoms with E-state index in [9.17, 15) is 9.59 Å². The van der Waals surface area contributed by atoms with E-state index in [1.54, 1.807) is 12.4 Å². The van der Waals surface area contributed by atoms with Crippen molar-refractivity contribution in [2.75, 3.05) is 11.9 Å². The maximum Gasteiger partial charge on any atom is 0.321 e. The highest BCUT2D eigenvalue weighted by Gasteiger charge is 2.16. The third kappa shape index (κ3) is 3.63. The molecule has 0 unspecified atom stereocenters. The van der Waals surface area contributed by atoms with Crippen molar-refractivity contribution >= 4 is 38.5 Å². The first-order valence-electron chi connectivity index (χ1n) is 7.90. The molecule has 0 aliphatic carbocycles. The number of nitrogens with one attached hydrogen (secondary N) is 2. The lowest BCUT2D eigenvalue weighted by Crippen LogP contribution is -2.28. The number of anilines is 1. The van der Waals surface area contributed by atoms with Crippen molar-refractivity contribution in [1.29, 1.82) is 0 Å². The maximum absolute atomic E-state index is 12.4. The average molecular weight is 355 g/mol. The highest BCUT2D eigenvalue weighted by molar-refractivity contribution is 7.22. The molecule has 0 atom stereocenters. The number of fused-ring (bicyclic) bond motifs is 1. The molecule has 2 amide bonds. The van der Waals surface area contributed by atoms with Gasteiger partial charge in [-0.05, 0) is 24.6 Å². The smallest absolute Gasteiger partial charge is 0.321 e. The fourth-order valence-corrected chi connectivity index (χ4v) is 3.37. The number of Topliss-reactive ketones (excluding diaryl/α,β-unsaturated/α-hetero) is 1. The van der Waals surface area contributed by atoms with Crippen LogP contribution in [0.1, 0.15) is 30.6 Å². The van der Waals surface area contributed by atoms with E-state index in [-0.39, 0.29) is 11.8 Å². The Hall–Kier alpha value is -2.87. The maximum atomic E-state index is 12.4. The minimum Gasteiger partial charge on any atom is -0.338 e. The largest absolute Gasteiger partial charge is 0.338 e. The van der Waals surface area contributed by atoms with Gasteiger partial charge >= 0.3 is 6.03 Å². The summed E-state index contributed by atoms with van der Waals surface area (Å²) in [6.07, 6.45) is 5.22. The van der Waals surface area contributed by atoms with Gasteiger partial charge < -0.3 is 5.32 Å². The molecular weight excluding hydrogens is 338 g/mol. The van der Waals surface area contributed by atoms with Crippen LogP contribution < -0.4 is 10.6 Å². The molecule has 0 bridgehead atoms. The zero-order valence-corrected chi connectivity index (χ0v) is 14.7. The Morgan fingerprint density at radius 1 is 1.12 bits per heavy atom. The van der Waals surface area contributed by atoms with Crippen molar-refractivity contribution in [1.82, 2.24) is 20.3 Å². The van der Waals surface area contributed by atoms with Crippen molar-refractivity contribution in [2.45, 2.75) is 20.3 Å². The zero-order valence-electron chi connectivity index (χ0n) is 13.9. The number of hydrogen-bond donors (Lipinski definition) is 2. The van der Waals surface area contributed by atoms with Crippen molar-refractivity contribution in [3.05, 3.63) is 36.4 Å². The topological polar surface area (TPSA) is 96.9 Å². The van der Waals surface area contributed by atoms with Crippen LogP contribution >= 0.6 is 11.3 Å². The van der Waals surface area contributed by atoms with Crippen molar-refractivity contribution in [3.63, 3.8) is 0 Å². The van der Waals surface area contributed by atoms with Crippen molar-refractivity contribution in [2.24, 2.45) is 0 Å². The Kier molecular flexibility index (Phi) is 4.99. The lowest BCUT2D eigenvalue weighted by atomic mass is 10.0. The van der Waals surface area contributed by atoms with Crippen LogP contribution in [0.4, 0.5) is 9.93 Å². The molecule has 8 heteroatoms. The van der Waals surface area contributed by atoms with E-state index in [1.165, 1.54) is 17.7 Å². The second-order valence-electron chi connectivity index (χ2n) is 5.28. The average Bonchev–Trinajstić information content (AvgIpc) is 3.03. The first-order valence-corrected chi connectivity index (χ1v) is 8.72. The molecule has 3 aromatic rings. The van der Waals surface area contributed by atoms with E-state index in [0.717, 1.165) is 15.8 Å². The number of nitrogens with zero attached hydrogens (tertiary/aromatic N) is 3. The van der Waals surface area contributed by atoms with Gasteiger partial charge in [0.2, 0.25) is 0 Å². The molecule has 0 radical (unpaired) electrons. The normalized spacial score (nSPS) is 10.6. The van der Waals surface area contributed by atoms with Crippen LogP contribution in [-0.2, 0) is 0 Å². The van der Waals surface area contributed by atoms with Gasteiger partial charge in [0.05, 0.1) is 10.2 Å². The summed E-state index contributed by atoms with van der Waals surface area (Å²) in [6.45, 7) is 4.18. The molecule has 0 aliphatic rings. The molecule has 2 N–H and O–H groups in total. The van der Waals surface area contributed by atoms with E-state index >= 15 is 0 Å². The molecule has 0 saturated carbocycles. The Morgan fingerprint density at radius 2 is 1.88 bits per heavy atom. The molecule has 1 aromatic carbocycles. The number of aromatic nitrogens is 3. The monoisotopic (exact) mass is 355 g/mol. The molecule has 25 heavy (non-hydrogen) atoms. The fraction of sp³-hybridized carbons (Fsp3) is 0.235. The summed E-state index contributed by atoms with van der Waals surface area (Å²) in [6, 6.07) is 3.39. The van der Waals surface area contributed by atoms with Crippen molar-refractivity contribution in [3.8, 4) is 11.1 Å². The molecule has 7 nitrogen and oxygen atoms in total. The summed E-state index contributed by atoms with van der Waals surface area (Å²) in [5.41, 5.74) is 2.89. The van der Waals surface area contributed by atoms with Gasteiger partial charge in [0, 0.05) is 36.5 Å². The van der Waals surface area contributed by atoms with E-state index in [0.29, 0.717) is 29.2 Å². The van der Waals surface area contributed by atoms with Crippen molar-refractivity contribution < 1.29 is 9.59 Å². The fourth-order valence-electron chi connectivity index (χ4n) is 2.40. The number of carbonyl (C=O) groups excluding carboxylic acids is 2. The second-order valence-corrected chi connectivity index (χ2v) is 6.28. The first kappa shape index (κ1) is 17.0. The number of thiazole rings is 1. The summed E-state index contributed by atoms with van der Waals surface area (Å²) in [5, 5.41) is 5.81. The van der Waals surface area contributed by atoms with Crippen LogP contribution in [0, 0.1) is 0 Å². The van der Waals surface area contributed by atoms with Crippen LogP contribution in [0.2, 0.25) is 0 Å². The number of ketones is 1. The second kappa shape index (κ2) is 7.35. The van der Waals surface area contributed by atoms with Crippen LogP contribution in [0.25, 0.3) is 21.3 Å². The third-order valence-corrected chi connectivity index (χ3v) is 4.58. The molecule has 128 valence electrons. The van der Waals surface area contributed by atoms with Gasteiger partial charge in [-0.3, -0.25) is 10.1 Å². The molecule has 0 fully saturated rings. The van der Waals surface area contributed by atoms with Gasteiger partial charge in [0.15, 0.2) is 10.9 Å². The minimum absolute atomic E-state index is 0.0249. The zero-order chi connectivity index (χ0) is 17.8. The number of carbonyl (C=O) groups is 2. The highest BCUT2D eigenvalue weighted by atomic mass is 32.1. The van der Waals surface area contributed by atoms with E-state index in [4.69, 9.17) is 0 Å². The van der Waals surface area contributed by atoms with Crippen LogP contribution in [0.15, 0.2) is 30.9 Å². The van der Waals surface area contributed by atoms with E-state index in [1.807, 2.05) is 26.0 Å². The third-order valence-electron chi connectivity index (χ3n) is 3.56.